The van der Waals surface area contributed by atoms with E-state index in [2.05, 4.69) is 25.8 Å². The summed E-state index contributed by atoms with van der Waals surface area (Å²) in [5.41, 5.74) is 1.42. The molecule has 0 amide bonds. The van der Waals surface area contributed by atoms with Gasteiger partial charge in [0.1, 0.15) is 4.90 Å². The van der Waals surface area contributed by atoms with E-state index in [1.807, 2.05) is 13.0 Å². The summed E-state index contributed by atoms with van der Waals surface area (Å²) in [7, 11) is -3.68. The SMILES string of the molecule is Cc1cc(Br)cc(NS(=O)(=O)c2cnn(CCO)c2)c1. The summed E-state index contributed by atoms with van der Waals surface area (Å²) >= 11 is 3.32. The number of aliphatic hydroxyl groups is 1. The van der Waals surface area contributed by atoms with Crippen molar-refractivity contribution in [1.82, 2.24) is 9.78 Å². The number of rotatable bonds is 5. The van der Waals surface area contributed by atoms with Crippen LogP contribution in [0.3, 0.4) is 0 Å². The first-order valence-electron chi connectivity index (χ1n) is 5.84. The second kappa shape index (κ2) is 5.94. The maximum absolute atomic E-state index is 12.2. The van der Waals surface area contributed by atoms with E-state index >= 15 is 0 Å². The minimum Gasteiger partial charge on any atom is -0.394 e. The van der Waals surface area contributed by atoms with Crippen LogP contribution in [0.5, 0.6) is 0 Å². The zero-order valence-electron chi connectivity index (χ0n) is 10.7. The number of aliphatic hydroxyl groups excluding tert-OH is 1. The molecule has 1 aromatic carbocycles. The number of hydrogen-bond acceptors (Lipinski definition) is 4. The summed E-state index contributed by atoms with van der Waals surface area (Å²) in [6.45, 7) is 2.03. The molecule has 0 spiro atoms. The average Bonchev–Trinajstić information content (AvgIpc) is 2.76. The van der Waals surface area contributed by atoms with E-state index in [1.165, 1.54) is 17.1 Å². The first kappa shape index (κ1) is 15.0. The van der Waals surface area contributed by atoms with Crippen LogP contribution in [-0.4, -0.2) is 29.9 Å². The standard InChI is InChI=1S/C12H14BrN3O3S/c1-9-4-10(13)6-11(5-9)15-20(18,19)12-7-14-16(8-12)2-3-17/h4-8,15,17H,2-3H2,1H3. The van der Waals surface area contributed by atoms with Crippen molar-refractivity contribution in [1.29, 1.82) is 0 Å². The Morgan fingerprint density at radius 1 is 1.40 bits per heavy atom. The lowest BCUT2D eigenvalue weighted by molar-refractivity contribution is 0.269. The van der Waals surface area contributed by atoms with Gasteiger partial charge in [0, 0.05) is 10.7 Å². The fraction of sp³-hybridized carbons (Fsp3) is 0.250. The van der Waals surface area contributed by atoms with Crippen LogP contribution >= 0.6 is 15.9 Å². The number of halogens is 1. The van der Waals surface area contributed by atoms with Crippen LogP contribution in [0.1, 0.15) is 5.56 Å². The van der Waals surface area contributed by atoms with Gasteiger partial charge in [0.15, 0.2) is 0 Å². The number of nitrogens with one attached hydrogen (secondary N) is 1. The van der Waals surface area contributed by atoms with Crippen LogP contribution in [0, 0.1) is 6.92 Å². The van der Waals surface area contributed by atoms with Crippen molar-refractivity contribution in [2.45, 2.75) is 18.4 Å². The fourth-order valence-corrected chi connectivity index (χ4v) is 3.32. The van der Waals surface area contributed by atoms with Crippen molar-refractivity contribution in [3.05, 3.63) is 40.6 Å². The van der Waals surface area contributed by atoms with Crippen molar-refractivity contribution >= 4 is 31.6 Å². The Morgan fingerprint density at radius 3 is 2.80 bits per heavy atom. The molecule has 2 N–H and O–H groups in total. The number of nitrogens with zero attached hydrogens (tertiary/aromatic N) is 2. The lowest BCUT2D eigenvalue weighted by Crippen LogP contribution is -2.12. The molecule has 0 bridgehead atoms. The Balaban J connectivity index is 2.25. The smallest absolute Gasteiger partial charge is 0.265 e. The largest absolute Gasteiger partial charge is 0.394 e. The molecule has 2 aromatic rings. The molecule has 2 rings (SSSR count). The van der Waals surface area contributed by atoms with Crippen LogP contribution in [0.15, 0.2) is 40.0 Å². The summed E-state index contributed by atoms with van der Waals surface area (Å²) in [6, 6.07) is 5.31. The molecule has 108 valence electrons. The summed E-state index contributed by atoms with van der Waals surface area (Å²) < 4.78 is 29.1. The normalized spacial score (nSPS) is 11.6. The molecule has 20 heavy (non-hydrogen) atoms. The number of anilines is 1. The van der Waals surface area contributed by atoms with E-state index in [1.54, 1.807) is 12.1 Å². The van der Waals surface area contributed by atoms with Crippen LogP contribution in [0.4, 0.5) is 5.69 Å². The minimum absolute atomic E-state index is 0.0589. The van der Waals surface area contributed by atoms with Gasteiger partial charge in [0.25, 0.3) is 10.0 Å². The van der Waals surface area contributed by atoms with Crippen molar-refractivity contribution < 1.29 is 13.5 Å². The van der Waals surface area contributed by atoms with Gasteiger partial charge in [-0.1, -0.05) is 15.9 Å². The third-order valence-electron chi connectivity index (χ3n) is 2.54. The zero-order chi connectivity index (χ0) is 14.8. The molecule has 8 heteroatoms. The Hall–Kier alpha value is -1.38. The van der Waals surface area contributed by atoms with E-state index < -0.39 is 10.0 Å². The molecule has 0 aliphatic heterocycles. The Morgan fingerprint density at radius 2 is 2.15 bits per heavy atom. The van der Waals surface area contributed by atoms with Crippen LogP contribution < -0.4 is 4.72 Å². The van der Waals surface area contributed by atoms with Crippen molar-refractivity contribution in [2.24, 2.45) is 0 Å². The first-order valence-corrected chi connectivity index (χ1v) is 8.11. The van der Waals surface area contributed by atoms with Gasteiger partial charge in [-0.15, -0.1) is 0 Å². The number of benzene rings is 1. The van der Waals surface area contributed by atoms with Crippen molar-refractivity contribution in [3.63, 3.8) is 0 Å². The zero-order valence-corrected chi connectivity index (χ0v) is 13.1. The van der Waals surface area contributed by atoms with Crippen LogP contribution in [0.25, 0.3) is 0 Å². The van der Waals surface area contributed by atoms with Gasteiger partial charge in [-0.25, -0.2) is 8.42 Å². The summed E-state index contributed by atoms with van der Waals surface area (Å²) in [5.74, 6) is 0. The molecule has 0 fully saturated rings. The molecular weight excluding hydrogens is 346 g/mol. The Kier molecular flexibility index (Phi) is 4.46. The van der Waals surface area contributed by atoms with Crippen LogP contribution in [0.2, 0.25) is 0 Å². The van der Waals surface area contributed by atoms with E-state index in [0.29, 0.717) is 5.69 Å². The van der Waals surface area contributed by atoms with Gasteiger partial charge in [-0.2, -0.15) is 5.10 Å². The molecule has 0 aliphatic carbocycles. The molecule has 1 aromatic heterocycles. The van der Waals surface area contributed by atoms with Crippen LogP contribution in [-0.2, 0) is 16.6 Å². The molecule has 0 saturated heterocycles. The topological polar surface area (TPSA) is 84.2 Å². The Bertz CT molecular complexity index is 692. The van der Waals surface area contributed by atoms with E-state index in [-0.39, 0.29) is 18.0 Å². The molecule has 1 heterocycles. The average molecular weight is 360 g/mol. The van der Waals surface area contributed by atoms with Crippen molar-refractivity contribution in [3.8, 4) is 0 Å². The molecule has 0 saturated carbocycles. The van der Waals surface area contributed by atoms with E-state index in [0.717, 1.165) is 10.0 Å². The highest BCUT2D eigenvalue weighted by Gasteiger charge is 2.17. The van der Waals surface area contributed by atoms with Gasteiger partial charge < -0.3 is 5.11 Å². The monoisotopic (exact) mass is 359 g/mol. The predicted octanol–water partition coefficient (Wildman–Crippen LogP) is 1.75. The molecule has 0 radical (unpaired) electrons. The van der Waals surface area contributed by atoms with Gasteiger partial charge in [-0.3, -0.25) is 9.40 Å². The third kappa shape index (κ3) is 3.59. The second-order valence-electron chi connectivity index (χ2n) is 4.29. The first-order chi connectivity index (χ1) is 9.40. The second-order valence-corrected chi connectivity index (χ2v) is 6.88. The maximum Gasteiger partial charge on any atom is 0.265 e. The summed E-state index contributed by atoms with van der Waals surface area (Å²) in [4.78, 5) is 0.0589. The highest BCUT2D eigenvalue weighted by atomic mass is 79.9. The molecule has 6 nitrogen and oxygen atoms in total. The lowest BCUT2D eigenvalue weighted by atomic mass is 10.2. The summed E-state index contributed by atoms with van der Waals surface area (Å²) in [5, 5.41) is 12.7. The van der Waals surface area contributed by atoms with Gasteiger partial charge in [0.2, 0.25) is 0 Å². The molecule has 0 aliphatic rings. The van der Waals surface area contributed by atoms with Gasteiger partial charge in [-0.05, 0) is 30.7 Å². The van der Waals surface area contributed by atoms with E-state index in [9.17, 15) is 8.42 Å². The van der Waals surface area contributed by atoms with Gasteiger partial charge in [0.05, 0.1) is 25.0 Å². The molecular formula is C12H14BrN3O3S. The Labute approximate surface area is 125 Å². The predicted molar refractivity (Wildman–Crippen MR) is 79.0 cm³/mol. The summed E-state index contributed by atoms with van der Waals surface area (Å²) in [6.07, 6.45) is 2.63. The third-order valence-corrected chi connectivity index (χ3v) is 4.34. The highest BCUT2D eigenvalue weighted by molar-refractivity contribution is 9.10. The van der Waals surface area contributed by atoms with Gasteiger partial charge >= 0.3 is 0 Å². The van der Waals surface area contributed by atoms with Crippen molar-refractivity contribution in [2.75, 3.05) is 11.3 Å². The van der Waals surface area contributed by atoms with E-state index in [4.69, 9.17) is 5.11 Å². The quantitative estimate of drug-likeness (QED) is 0.851. The maximum atomic E-state index is 12.2. The minimum atomic E-state index is -3.68. The highest BCUT2D eigenvalue weighted by Crippen LogP contribution is 2.21. The number of aromatic nitrogens is 2. The fourth-order valence-electron chi connectivity index (χ4n) is 1.72. The molecule has 0 atom stereocenters. The number of aryl methyl sites for hydroxylation is 1. The number of sulfonamides is 1. The lowest BCUT2D eigenvalue weighted by Gasteiger charge is -2.07. The molecule has 0 unspecified atom stereocenters. The number of hydrogen-bond donors (Lipinski definition) is 2.